The van der Waals surface area contributed by atoms with Crippen molar-refractivity contribution in [3.63, 3.8) is 0 Å². The molecule has 3 aromatic rings. The van der Waals surface area contributed by atoms with Crippen LogP contribution in [0.2, 0.25) is 0 Å². The van der Waals surface area contributed by atoms with Crippen LogP contribution in [0.5, 0.6) is 0 Å². The maximum Gasteiger partial charge on any atom is 0.417 e. The molecular weight excluding hydrogens is 399 g/mol. The van der Waals surface area contributed by atoms with Gasteiger partial charge in [0.1, 0.15) is 5.65 Å². The number of rotatable bonds is 5. The predicted molar refractivity (Wildman–Crippen MR) is 103 cm³/mol. The van der Waals surface area contributed by atoms with E-state index in [0.717, 1.165) is 17.0 Å². The lowest BCUT2D eigenvalue weighted by molar-refractivity contribution is -0.137. The lowest BCUT2D eigenvalue weighted by Gasteiger charge is -2.16. The van der Waals surface area contributed by atoms with E-state index < -0.39 is 23.6 Å². The highest BCUT2D eigenvalue weighted by molar-refractivity contribution is 6.44. The molecule has 0 saturated carbocycles. The van der Waals surface area contributed by atoms with Gasteiger partial charge in [-0.05, 0) is 30.2 Å². The normalized spacial score (nSPS) is 14.7. The predicted octanol–water partition coefficient (Wildman–Crippen LogP) is 3.39. The fourth-order valence-corrected chi connectivity index (χ4v) is 3.55. The Morgan fingerprint density at radius 2 is 1.83 bits per heavy atom. The number of aliphatic hydroxyl groups excluding tert-OH is 1. The van der Waals surface area contributed by atoms with Crippen molar-refractivity contribution < 1.29 is 27.9 Å². The van der Waals surface area contributed by atoms with E-state index in [-0.39, 0.29) is 23.4 Å². The van der Waals surface area contributed by atoms with Gasteiger partial charge in [0.2, 0.25) is 0 Å². The molecule has 0 radical (unpaired) electrons. The molecule has 1 N–H and O–H groups in total. The Balaban J connectivity index is 1.79. The Labute approximate surface area is 168 Å². The number of imide groups is 1. The second kappa shape index (κ2) is 7.42. The Bertz CT molecular complexity index is 1180. The Kier molecular flexibility index (Phi) is 4.90. The average molecular weight is 415 g/mol. The van der Waals surface area contributed by atoms with Crippen LogP contribution >= 0.6 is 0 Å². The molecule has 1 aliphatic heterocycles. The molecule has 0 saturated heterocycles. The highest BCUT2D eigenvalue weighted by Gasteiger charge is 2.40. The van der Waals surface area contributed by atoms with Crippen LogP contribution in [0.15, 0.2) is 54.9 Å². The molecule has 0 fully saturated rings. The van der Waals surface area contributed by atoms with Crippen molar-refractivity contribution in [3.05, 3.63) is 66.0 Å². The van der Waals surface area contributed by atoms with E-state index in [1.54, 1.807) is 29.1 Å². The summed E-state index contributed by atoms with van der Waals surface area (Å²) >= 11 is 0. The lowest BCUT2D eigenvalue weighted by Crippen LogP contribution is -2.30. The van der Waals surface area contributed by atoms with Gasteiger partial charge in [0.15, 0.2) is 0 Å². The maximum atomic E-state index is 13.4. The molecule has 0 atom stereocenters. The van der Waals surface area contributed by atoms with Crippen molar-refractivity contribution in [2.75, 3.05) is 11.5 Å². The van der Waals surface area contributed by atoms with Gasteiger partial charge in [-0.2, -0.15) is 13.2 Å². The number of anilines is 1. The summed E-state index contributed by atoms with van der Waals surface area (Å²) < 4.78 is 41.9. The number of aryl methyl sites for hydroxylation is 1. The van der Waals surface area contributed by atoms with Gasteiger partial charge in [0.05, 0.1) is 16.8 Å². The van der Waals surface area contributed by atoms with E-state index in [0.29, 0.717) is 24.0 Å². The molecule has 2 aromatic heterocycles. The summed E-state index contributed by atoms with van der Waals surface area (Å²) in [4.78, 5) is 30.9. The highest BCUT2D eigenvalue weighted by atomic mass is 19.4. The van der Waals surface area contributed by atoms with Crippen LogP contribution in [0.3, 0.4) is 0 Å². The number of carbonyl (C=O) groups excluding carboxylic acids is 2. The minimum absolute atomic E-state index is 0.0522. The van der Waals surface area contributed by atoms with Crippen molar-refractivity contribution in [2.24, 2.45) is 0 Å². The second-order valence-electron chi connectivity index (χ2n) is 6.74. The third-order valence-corrected chi connectivity index (χ3v) is 4.86. The first-order valence-corrected chi connectivity index (χ1v) is 9.14. The Morgan fingerprint density at radius 3 is 2.57 bits per heavy atom. The zero-order chi connectivity index (χ0) is 21.5. The van der Waals surface area contributed by atoms with Crippen LogP contribution in [-0.4, -0.2) is 33.1 Å². The molecule has 0 bridgehead atoms. The fourth-order valence-electron chi connectivity index (χ4n) is 3.55. The highest BCUT2D eigenvalue weighted by Crippen LogP contribution is 2.39. The van der Waals surface area contributed by atoms with Crippen LogP contribution in [0.25, 0.3) is 16.6 Å². The van der Waals surface area contributed by atoms with Crippen molar-refractivity contribution in [3.8, 4) is 0 Å². The fraction of sp³-hybridized carbons (Fsp3) is 0.190. The van der Waals surface area contributed by atoms with Crippen LogP contribution in [0, 0.1) is 0 Å². The molecule has 2 amide bonds. The second-order valence-corrected chi connectivity index (χ2v) is 6.74. The third kappa shape index (κ3) is 3.26. The molecule has 3 heterocycles. The largest absolute Gasteiger partial charge is 0.417 e. The summed E-state index contributed by atoms with van der Waals surface area (Å²) in [5.41, 5.74) is -0.889. The summed E-state index contributed by atoms with van der Waals surface area (Å²) in [5.74, 6) is -1.56. The van der Waals surface area contributed by atoms with Gasteiger partial charge >= 0.3 is 6.18 Å². The number of hydrogen-bond donors (Lipinski definition) is 1. The average Bonchev–Trinajstić information content (AvgIpc) is 3.22. The van der Waals surface area contributed by atoms with Gasteiger partial charge in [-0.1, -0.05) is 18.2 Å². The minimum Gasteiger partial charge on any atom is -0.396 e. The van der Waals surface area contributed by atoms with Gasteiger partial charge < -0.3 is 9.67 Å². The molecule has 4 rings (SSSR count). The number of alkyl halides is 3. The quantitative estimate of drug-likeness (QED) is 0.649. The number of halogens is 3. The number of carbonyl (C=O) groups is 2. The van der Waals surface area contributed by atoms with Gasteiger partial charge in [-0.25, -0.2) is 9.88 Å². The first-order valence-electron chi connectivity index (χ1n) is 9.14. The van der Waals surface area contributed by atoms with Crippen molar-refractivity contribution in [1.29, 1.82) is 0 Å². The summed E-state index contributed by atoms with van der Waals surface area (Å²) in [6, 6.07) is 7.98. The zero-order valence-corrected chi connectivity index (χ0v) is 15.6. The van der Waals surface area contributed by atoms with Crippen molar-refractivity contribution in [1.82, 2.24) is 9.55 Å². The number of benzene rings is 1. The Morgan fingerprint density at radius 1 is 1.07 bits per heavy atom. The van der Waals surface area contributed by atoms with Gasteiger partial charge in [-0.15, -0.1) is 0 Å². The molecular formula is C21H16F3N3O3. The Hall–Kier alpha value is -3.46. The van der Waals surface area contributed by atoms with Crippen molar-refractivity contribution in [2.45, 2.75) is 19.1 Å². The number of amides is 2. The zero-order valence-electron chi connectivity index (χ0n) is 15.6. The number of fused-ring (bicyclic) bond motifs is 1. The van der Waals surface area contributed by atoms with E-state index >= 15 is 0 Å². The summed E-state index contributed by atoms with van der Waals surface area (Å²) in [6.07, 6.45) is -0.198. The monoisotopic (exact) mass is 415 g/mol. The van der Waals surface area contributed by atoms with Crippen LogP contribution in [0.4, 0.5) is 18.9 Å². The van der Waals surface area contributed by atoms with Crippen LogP contribution in [-0.2, 0) is 22.3 Å². The molecule has 154 valence electrons. The topological polar surface area (TPSA) is 75.4 Å². The lowest BCUT2D eigenvalue weighted by atomic mass is 9.99. The van der Waals surface area contributed by atoms with E-state index in [9.17, 15) is 22.8 Å². The third-order valence-electron chi connectivity index (χ3n) is 4.86. The van der Waals surface area contributed by atoms with E-state index in [2.05, 4.69) is 4.98 Å². The first kappa shape index (κ1) is 19.8. The minimum atomic E-state index is -4.67. The van der Waals surface area contributed by atoms with Crippen LogP contribution in [0.1, 0.15) is 17.5 Å². The van der Waals surface area contributed by atoms with E-state index in [1.807, 2.05) is 0 Å². The van der Waals surface area contributed by atoms with Gasteiger partial charge in [0.25, 0.3) is 11.8 Å². The number of aromatic nitrogens is 2. The standard InChI is InChI=1S/C21H16F3N3O3/c22-21(23,24)16-7-2-1-5-13(16)15-11-18(29)27(20(15)30)17-12-26(9-4-10-28)19-14(17)6-3-8-25-19/h1-3,5-8,11-12,28H,4,9-10H2. The molecule has 1 aromatic carbocycles. The summed E-state index contributed by atoms with van der Waals surface area (Å²) in [5, 5.41) is 9.61. The molecule has 0 aliphatic carbocycles. The van der Waals surface area contributed by atoms with Gasteiger partial charge in [-0.3, -0.25) is 9.59 Å². The number of nitrogens with zero attached hydrogens (tertiary/aromatic N) is 3. The number of aliphatic hydroxyl groups is 1. The molecule has 6 nitrogen and oxygen atoms in total. The van der Waals surface area contributed by atoms with E-state index in [1.165, 1.54) is 18.2 Å². The molecule has 1 aliphatic rings. The van der Waals surface area contributed by atoms with Gasteiger partial charge in [0, 0.05) is 37.0 Å². The number of pyridine rings is 1. The summed E-state index contributed by atoms with van der Waals surface area (Å²) in [7, 11) is 0. The molecule has 9 heteroatoms. The van der Waals surface area contributed by atoms with Crippen molar-refractivity contribution >= 4 is 34.1 Å². The van der Waals surface area contributed by atoms with Crippen LogP contribution < -0.4 is 4.90 Å². The molecule has 0 spiro atoms. The maximum absolute atomic E-state index is 13.4. The number of hydrogen-bond acceptors (Lipinski definition) is 4. The molecule has 30 heavy (non-hydrogen) atoms. The SMILES string of the molecule is O=C1C=C(c2ccccc2C(F)(F)F)C(=O)N1c1cn(CCCO)c2ncccc12. The summed E-state index contributed by atoms with van der Waals surface area (Å²) in [6.45, 7) is 0.348. The smallest absolute Gasteiger partial charge is 0.396 e. The first-order chi connectivity index (χ1) is 14.3. The molecule has 0 unspecified atom stereocenters. The van der Waals surface area contributed by atoms with E-state index in [4.69, 9.17) is 5.11 Å².